The summed E-state index contributed by atoms with van der Waals surface area (Å²) >= 11 is 12.5. The normalized spacial score (nSPS) is 14.1. The van der Waals surface area contributed by atoms with Crippen LogP contribution in [0.1, 0.15) is 12.8 Å². The van der Waals surface area contributed by atoms with Crippen molar-refractivity contribution < 1.29 is 14.3 Å². The number of carbonyl (C=O) groups is 1. The van der Waals surface area contributed by atoms with Gasteiger partial charge in [0.05, 0.1) is 27.9 Å². The minimum atomic E-state index is -0.508. The minimum absolute atomic E-state index is 0.159. The van der Waals surface area contributed by atoms with E-state index in [2.05, 4.69) is 9.80 Å². The lowest BCUT2D eigenvalue weighted by atomic mass is 10.2. The van der Waals surface area contributed by atoms with Crippen molar-refractivity contribution in [2.24, 2.45) is 0 Å². The van der Waals surface area contributed by atoms with Crippen molar-refractivity contribution in [3.8, 4) is 5.75 Å². The van der Waals surface area contributed by atoms with Gasteiger partial charge < -0.3 is 19.3 Å². The molecule has 0 radical (unpaired) electrons. The average Bonchev–Trinajstić information content (AvgIpc) is 2.89. The highest BCUT2D eigenvalue weighted by atomic mass is 35.5. The van der Waals surface area contributed by atoms with E-state index in [1.165, 1.54) is 15.5 Å². The Balaban J connectivity index is 1.24. The third-order valence-corrected chi connectivity index (χ3v) is 7.24. The van der Waals surface area contributed by atoms with Gasteiger partial charge in [-0.15, -0.1) is 0 Å². The number of piperazine rings is 1. The third-order valence-electron chi connectivity index (χ3n) is 6.43. The second-order valence-corrected chi connectivity index (χ2v) is 10.00. The standard InChI is InChI=1S/C27H32Cl2N4O4/c1-30(2)27(35)37-19-33-24-18-21(10-8-20(24)9-11-25(33)34)36-17-4-3-12-31-13-15-32(16-14-31)23-7-5-6-22(28)26(23)29/h5-11,18H,3-4,12-17,19H2,1-2H3. The Morgan fingerprint density at radius 3 is 2.51 bits per heavy atom. The number of rotatable bonds is 9. The van der Waals surface area contributed by atoms with E-state index in [9.17, 15) is 9.59 Å². The zero-order valence-electron chi connectivity index (χ0n) is 21.2. The molecular weight excluding hydrogens is 515 g/mol. The molecule has 0 N–H and O–H groups in total. The molecule has 2 heterocycles. The second kappa shape index (κ2) is 12.5. The lowest BCUT2D eigenvalue weighted by Crippen LogP contribution is -2.46. The van der Waals surface area contributed by atoms with E-state index in [-0.39, 0.29) is 12.3 Å². The molecule has 10 heteroatoms. The van der Waals surface area contributed by atoms with E-state index in [4.69, 9.17) is 32.7 Å². The molecule has 0 atom stereocenters. The number of unbranched alkanes of at least 4 members (excludes halogenated alkanes) is 1. The van der Waals surface area contributed by atoms with Gasteiger partial charge in [0.1, 0.15) is 5.75 Å². The summed E-state index contributed by atoms with van der Waals surface area (Å²) in [5.41, 5.74) is 1.42. The van der Waals surface area contributed by atoms with Gasteiger partial charge in [0, 0.05) is 52.4 Å². The van der Waals surface area contributed by atoms with Crippen LogP contribution in [0.25, 0.3) is 10.9 Å². The summed E-state index contributed by atoms with van der Waals surface area (Å²) in [6.45, 7) is 5.21. The number of ether oxygens (including phenoxy) is 2. The number of aromatic nitrogens is 1. The molecule has 0 unspecified atom stereocenters. The summed E-state index contributed by atoms with van der Waals surface area (Å²) < 4.78 is 12.6. The molecule has 1 aliphatic rings. The molecule has 1 amide bonds. The number of benzene rings is 2. The second-order valence-electron chi connectivity index (χ2n) is 9.21. The maximum Gasteiger partial charge on any atom is 0.410 e. The number of nitrogens with zero attached hydrogens (tertiary/aromatic N) is 4. The van der Waals surface area contributed by atoms with Crippen LogP contribution in [-0.4, -0.2) is 73.9 Å². The van der Waals surface area contributed by atoms with Crippen LogP contribution in [0.2, 0.25) is 10.0 Å². The predicted octanol–water partition coefficient (Wildman–Crippen LogP) is 4.95. The van der Waals surface area contributed by atoms with Crippen LogP contribution < -0.4 is 15.2 Å². The number of pyridine rings is 1. The molecule has 0 aliphatic carbocycles. The minimum Gasteiger partial charge on any atom is -0.494 e. The molecule has 1 aliphatic heterocycles. The van der Waals surface area contributed by atoms with E-state index >= 15 is 0 Å². The fourth-order valence-corrected chi connectivity index (χ4v) is 4.73. The van der Waals surface area contributed by atoms with Crippen LogP contribution in [0.3, 0.4) is 0 Å². The third kappa shape index (κ3) is 6.89. The maximum atomic E-state index is 12.4. The summed E-state index contributed by atoms with van der Waals surface area (Å²) in [7, 11) is 3.19. The molecule has 3 aromatic rings. The summed E-state index contributed by atoms with van der Waals surface area (Å²) in [4.78, 5) is 30.3. The molecule has 2 aromatic carbocycles. The fourth-order valence-electron chi connectivity index (χ4n) is 4.32. The quantitative estimate of drug-likeness (QED) is 0.354. The molecule has 8 nitrogen and oxygen atoms in total. The number of fused-ring (bicyclic) bond motifs is 1. The number of carbonyl (C=O) groups excluding carboxylic acids is 1. The molecule has 0 saturated carbocycles. The van der Waals surface area contributed by atoms with E-state index < -0.39 is 6.09 Å². The predicted molar refractivity (Wildman–Crippen MR) is 148 cm³/mol. The van der Waals surface area contributed by atoms with Gasteiger partial charge in [0.15, 0.2) is 6.73 Å². The van der Waals surface area contributed by atoms with Gasteiger partial charge in [0.2, 0.25) is 0 Å². The van der Waals surface area contributed by atoms with Crippen LogP contribution >= 0.6 is 23.2 Å². The monoisotopic (exact) mass is 546 g/mol. The summed E-state index contributed by atoms with van der Waals surface area (Å²) in [6.07, 6.45) is 1.43. The molecular formula is C27H32Cl2N4O4. The first-order valence-electron chi connectivity index (χ1n) is 12.4. The van der Waals surface area contributed by atoms with Crippen molar-refractivity contribution in [2.45, 2.75) is 19.6 Å². The Bertz CT molecular complexity index is 1290. The molecule has 1 saturated heterocycles. The Labute approximate surface area is 226 Å². The number of anilines is 1. The van der Waals surface area contributed by atoms with Crippen LogP contribution in [0.5, 0.6) is 5.75 Å². The molecule has 1 aromatic heterocycles. The van der Waals surface area contributed by atoms with Gasteiger partial charge in [-0.25, -0.2) is 4.79 Å². The molecule has 4 rings (SSSR count). The van der Waals surface area contributed by atoms with Gasteiger partial charge >= 0.3 is 6.09 Å². The topological polar surface area (TPSA) is 67.2 Å². The first-order valence-corrected chi connectivity index (χ1v) is 13.1. The summed E-state index contributed by atoms with van der Waals surface area (Å²) in [5.74, 6) is 0.679. The van der Waals surface area contributed by atoms with E-state index in [1.54, 1.807) is 20.2 Å². The van der Waals surface area contributed by atoms with Gasteiger partial charge in [0.25, 0.3) is 5.56 Å². The van der Waals surface area contributed by atoms with E-state index in [0.29, 0.717) is 27.9 Å². The zero-order chi connectivity index (χ0) is 26.4. The fraction of sp³-hybridized carbons (Fsp3) is 0.407. The van der Waals surface area contributed by atoms with Crippen molar-refractivity contribution in [1.82, 2.24) is 14.4 Å². The highest BCUT2D eigenvalue weighted by Gasteiger charge is 2.19. The zero-order valence-corrected chi connectivity index (χ0v) is 22.7. The van der Waals surface area contributed by atoms with Gasteiger partial charge in [-0.05, 0) is 55.1 Å². The maximum absolute atomic E-state index is 12.4. The average molecular weight is 547 g/mol. The Kier molecular flexibility index (Phi) is 9.18. The highest BCUT2D eigenvalue weighted by Crippen LogP contribution is 2.32. The van der Waals surface area contributed by atoms with Crippen molar-refractivity contribution in [1.29, 1.82) is 0 Å². The van der Waals surface area contributed by atoms with Gasteiger partial charge in [-0.3, -0.25) is 14.3 Å². The Hall–Kier alpha value is -2.94. The summed E-state index contributed by atoms with van der Waals surface area (Å²) in [6, 6.07) is 14.6. The molecule has 1 fully saturated rings. The van der Waals surface area contributed by atoms with Crippen molar-refractivity contribution in [3.63, 3.8) is 0 Å². The smallest absolute Gasteiger partial charge is 0.410 e. The molecule has 37 heavy (non-hydrogen) atoms. The van der Waals surface area contributed by atoms with Gasteiger partial charge in [-0.1, -0.05) is 29.3 Å². The Morgan fingerprint density at radius 1 is 1.00 bits per heavy atom. The lowest BCUT2D eigenvalue weighted by molar-refractivity contribution is 0.0894. The van der Waals surface area contributed by atoms with Crippen molar-refractivity contribution in [2.75, 3.05) is 58.3 Å². The van der Waals surface area contributed by atoms with Crippen LogP contribution in [0.15, 0.2) is 53.3 Å². The van der Waals surface area contributed by atoms with E-state index in [1.807, 2.05) is 36.4 Å². The van der Waals surface area contributed by atoms with Crippen molar-refractivity contribution >= 4 is 45.9 Å². The molecule has 0 bridgehead atoms. The van der Waals surface area contributed by atoms with Crippen LogP contribution in [0.4, 0.5) is 10.5 Å². The van der Waals surface area contributed by atoms with Crippen LogP contribution in [0, 0.1) is 0 Å². The first kappa shape index (κ1) is 27.1. The summed E-state index contributed by atoms with van der Waals surface area (Å²) in [5, 5.41) is 2.07. The van der Waals surface area contributed by atoms with Crippen LogP contribution in [-0.2, 0) is 11.5 Å². The Morgan fingerprint density at radius 2 is 1.76 bits per heavy atom. The number of halogens is 2. The number of hydrogen-bond acceptors (Lipinski definition) is 6. The lowest BCUT2D eigenvalue weighted by Gasteiger charge is -2.36. The highest BCUT2D eigenvalue weighted by molar-refractivity contribution is 6.43. The largest absolute Gasteiger partial charge is 0.494 e. The molecule has 198 valence electrons. The number of amides is 1. The first-order chi connectivity index (χ1) is 17.8. The SMILES string of the molecule is CN(C)C(=O)OCn1c(=O)ccc2ccc(OCCCCN3CCN(c4cccc(Cl)c4Cl)CC3)cc21. The molecule has 0 spiro atoms. The number of hydrogen-bond donors (Lipinski definition) is 0. The van der Waals surface area contributed by atoms with Crippen molar-refractivity contribution in [3.05, 3.63) is 68.9 Å². The van der Waals surface area contributed by atoms with Gasteiger partial charge in [-0.2, -0.15) is 0 Å². The van der Waals surface area contributed by atoms with E-state index in [0.717, 1.165) is 56.6 Å².